The molecule has 7 heteroatoms. The molecule has 156 valence electrons. The van der Waals surface area contributed by atoms with Gasteiger partial charge in [0, 0.05) is 13.0 Å². The molecule has 0 saturated heterocycles. The van der Waals surface area contributed by atoms with Crippen molar-refractivity contribution in [2.75, 3.05) is 21.3 Å². The Hall–Kier alpha value is -3.22. The summed E-state index contributed by atoms with van der Waals surface area (Å²) >= 11 is 0. The summed E-state index contributed by atoms with van der Waals surface area (Å²) in [5.41, 5.74) is 1.81. The minimum absolute atomic E-state index is 0.120. The number of benzene rings is 2. The van der Waals surface area contributed by atoms with Gasteiger partial charge < -0.3 is 24.3 Å². The SMILES string of the molecule is COc1cc(CCC(=O)O[C@H](C)C(=O)NCc2ccccc2)cc(OC)c1OC. The molecule has 1 amide bonds. The van der Waals surface area contributed by atoms with Crippen molar-refractivity contribution in [2.45, 2.75) is 32.4 Å². The van der Waals surface area contributed by atoms with E-state index in [0.717, 1.165) is 11.1 Å². The van der Waals surface area contributed by atoms with Crippen molar-refractivity contribution in [3.8, 4) is 17.2 Å². The number of esters is 1. The molecule has 0 aliphatic carbocycles. The van der Waals surface area contributed by atoms with E-state index < -0.39 is 12.1 Å². The number of nitrogens with one attached hydrogen (secondary N) is 1. The van der Waals surface area contributed by atoms with Crippen LogP contribution >= 0.6 is 0 Å². The van der Waals surface area contributed by atoms with Crippen molar-refractivity contribution in [3.63, 3.8) is 0 Å². The highest BCUT2D eigenvalue weighted by Crippen LogP contribution is 2.38. The summed E-state index contributed by atoms with van der Waals surface area (Å²) in [5, 5.41) is 2.76. The van der Waals surface area contributed by atoms with Gasteiger partial charge in [0.25, 0.3) is 5.91 Å². The lowest BCUT2D eigenvalue weighted by atomic mass is 10.1. The Morgan fingerprint density at radius 2 is 1.55 bits per heavy atom. The van der Waals surface area contributed by atoms with Crippen LogP contribution in [0.1, 0.15) is 24.5 Å². The first-order valence-electron chi connectivity index (χ1n) is 9.28. The Morgan fingerprint density at radius 3 is 2.10 bits per heavy atom. The zero-order chi connectivity index (χ0) is 21.2. The van der Waals surface area contributed by atoms with Crippen LogP contribution in [0.4, 0.5) is 0 Å². The molecule has 0 aliphatic heterocycles. The fraction of sp³-hybridized carbons (Fsp3) is 0.364. The molecule has 0 bridgehead atoms. The van der Waals surface area contributed by atoms with E-state index in [4.69, 9.17) is 18.9 Å². The quantitative estimate of drug-likeness (QED) is 0.617. The molecular formula is C22H27NO6. The maximum absolute atomic E-state index is 12.1. The second kappa shape index (κ2) is 10.9. The highest BCUT2D eigenvalue weighted by Gasteiger charge is 2.18. The second-order valence-corrected chi connectivity index (χ2v) is 6.37. The molecule has 0 aliphatic rings. The van der Waals surface area contributed by atoms with Crippen LogP contribution in [0, 0.1) is 0 Å². The molecular weight excluding hydrogens is 374 g/mol. The van der Waals surface area contributed by atoms with Crippen LogP contribution in [0.2, 0.25) is 0 Å². The van der Waals surface area contributed by atoms with Crippen LogP contribution in [0.5, 0.6) is 17.2 Å². The normalized spacial score (nSPS) is 11.3. The van der Waals surface area contributed by atoms with Crippen LogP contribution in [0.25, 0.3) is 0 Å². The number of hydrogen-bond donors (Lipinski definition) is 1. The van der Waals surface area contributed by atoms with E-state index in [2.05, 4.69) is 5.32 Å². The van der Waals surface area contributed by atoms with Crippen molar-refractivity contribution in [1.82, 2.24) is 5.32 Å². The van der Waals surface area contributed by atoms with Gasteiger partial charge in [-0.1, -0.05) is 30.3 Å². The van der Waals surface area contributed by atoms with Gasteiger partial charge in [0.1, 0.15) is 0 Å². The lowest BCUT2D eigenvalue weighted by Gasteiger charge is -2.15. The second-order valence-electron chi connectivity index (χ2n) is 6.37. The highest BCUT2D eigenvalue weighted by molar-refractivity contribution is 5.83. The van der Waals surface area contributed by atoms with Gasteiger partial charge >= 0.3 is 5.97 Å². The molecule has 2 rings (SSSR count). The number of carbonyl (C=O) groups excluding carboxylic acids is 2. The molecule has 1 atom stereocenters. The fourth-order valence-corrected chi connectivity index (χ4v) is 2.76. The minimum Gasteiger partial charge on any atom is -0.493 e. The third-order valence-corrected chi connectivity index (χ3v) is 4.33. The summed E-state index contributed by atoms with van der Waals surface area (Å²) in [6.45, 7) is 1.94. The molecule has 0 saturated carbocycles. The molecule has 2 aromatic carbocycles. The van der Waals surface area contributed by atoms with Gasteiger partial charge in [0.05, 0.1) is 21.3 Å². The van der Waals surface area contributed by atoms with E-state index in [9.17, 15) is 9.59 Å². The van der Waals surface area contributed by atoms with E-state index in [1.807, 2.05) is 30.3 Å². The first-order valence-corrected chi connectivity index (χ1v) is 9.28. The molecule has 0 fully saturated rings. The van der Waals surface area contributed by atoms with E-state index in [0.29, 0.717) is 30.2 Å². The summed E-state index contributed by atoms with van der Waals surface area (Å²) in [6.07, 6.45) is -0.339. The van der Waals surface area contributed by atoms with Gasteiger partial charge in [0.2, 0.25) is 5.75 Å². The maximum atomic E-state index is 12.1. The standard InChI is InChI=1S/C22H27NO6/c1-15(22(25)23-14-16-8-6-5-7-9-16)29-20(24)11-10-17-12-18(26-2)21(28-4)19(13-17)27-3/h5-9,12-13,15H,10-11,14H2,1-4H3,(H,23,25)/t15-/m1/s1. The number of aryl methyl sites for hydroxylation is 1. The van der Waals surface area contributed by atoms with Crippen LogP contribution in [0.15, 0.2) is 42.5 Å². The Morgan fingerprint density at radius 1 is 0.931 bits per heavy atom. The highest BCUT2D eigenvalue weighted by atomic mass is 16.5. The molecule has 0 aromatic heterocycles. The molecule has 1 N–H and O–H groups in total. The Labute approximate surface area is 170 Å². The minimum atomic E-state index is -0.869. The predicted molar refractivity (Wildman–Crippen MR) is 108 cm³/mol. The Balaban J connectivity index is 1.86. The number of hydrogen-bond acceptors (Lipinski definition) is 6. The Kier molecular flexibility index (Phi) is 8.33. The van der Waals surface area contributed by atoms with Gasteiger partial charge in [-0.05, 0) is 36.6 Å². The van der Waals surface area contributed by atoms with Gasteiger partial charge in [0.15, 0.2) is 17.6 Å². The molecule has 0 heterocycles. The van der Waals surface area contributed by atoms with Crippen molar-refractivity contribution in [3.05, 3.63) is 53.6 Å². The average molecular weight is 401 g/mol. The third-order valence-electron chi connectivity index (χ3n) is 4.33. The first-order chi connectivity index (χ1) is 14.0. The summed E-state index contributed by atoms with van der Waals surface area (Å²) in [7, 11) is 4.60. The molecule has 29 heavy (non-hydrogen) atoms. The first kappa shape index (κ1) is 22.1. The topological polar surface area (TPSA) is 83.1 Å². The summed E-state index contributed by atoms with van der Waals surface area (Å²) in [6, 6.07) is 13.1. The lowest BCUT2D eigenvalue weighted by Crippen LogP contribution is -2.35. The predicted octanol–water partition coefficient (Wildman–Crippen LogP) is 2.89. The number of carbonyl (C=O) groups is 2. The van der Waals surface area contributed by atoms with E-state index in [-0.39, 0.29) is 12.3 Å². The van der Waals surface area contributed by atoms with E-state index in [1.165, 1.54) is 21.3 Å². The van der Waals surface area contributed by atoms with Crippen LogP contribution in [0.3, 0.4) is 0 Å². The van der Waals surface area contributed by atoms with E-state index >= 15 is 0 Å². The van der Waals surface area contributed by atoms with Crippen LogP contribution in [-0.2, 0) is 27.3 Å². The summed E-state index contributed by atoms with van der Waals surface area (Å²) < 4.78 is 21.2. The molecule has 0 unspecified atom stereocenters. The molecule has 7 nitrogen and oxygen atoms in total. The van der Waals surface area contributed by atoms with Gasteiger partial charge in [-0.25, -0.2) is 0 Å². The van der Waals surface area contributed by atoms with Gasteiger partial charge in [-0.3, -0.25) is 9.59 Å². The summed E-state index contributed by atoms with van der Waals surface area (Å²) in [5.74, 6) is 0.730. The van der Waals surface area contributed by atoms with Gasteiger partial charge in [-0.15, -0.1) is 0 Å². The molecule has 0 radical (unpaired) electrons. The number of ether oxygens (including phenoxy) is 4. The van der Waals surface area contributed by atoms with Crippen LogP contribution < -0.4 is 19.5 Å². The lowest BCUT2D eigenvalue weighted by molar-refractivity contribution is -0.154. The maximum Gasteiger partial charge on any atom is 0.306 e. The number of methoxy groups -OCH3 is 3. The molecule has 2 aromatic rings. The summed E-state index contributed by atoms with van der Waals surface area (Å²) in [4.78, 5) is 24.3. The Bertz CT molecular complexity index is 796. The number of rotatable bonds is 10. The smallest absolute Gasteiger partial charge is 0.306 e. The van der Waals surface area contributed by atoms with Crippen molar-refractivity contribution >= 4 is 11.9 Å². The van der Waals surface area contributed by atoms with Crippen molar-refractivity contribution in [1.29, 1.82) is 0 Å². The zero-order valence-electron chi connectivity index (χ0n) is 17.2. The van der Waals surface area contributed by atoms with Crippen molar-refractivity contribution in [2.24, 2.45) is 0 Å². The molecule has 0 spiro atoms. The zero-order valence-corrected chi connectivity index (χ0v) is 17.2. The average Bonchev–Trinajstić information content (AvgIpc) is 2.75. The van der Waals surface area contributed by atoms with Gasteiger partial charge in [-0.2, -0.15) is 0 Å². The fourth-order valence-electron chi connectivity index (χ4n) is 2.76. The number of amides is 1. The third kappa shape index (κ3) is 6.41. The largest absolute Gasteiger partial charge is 0.493 e. The van der Waals surface area contributed by atoms with Crippen LogP contribution in [-0.4, -0.2) is 39.3 Å². The van der Waals surface area contributed by atoms with Crippen molar-refractivity contribution < 1.29 is 28.5 Å². The monoisotopic (exact) mass is 401 g/mol. The van der Waals surface area contributed by atoms with E-state index in [1.54, 1.807) is 19.1 Å².